The zero-order valence-electron chi connectivity index (χ0n) is 15.7. The van der Waals surface area contributed by atoms with Gasteiger partial charge in [-0.15, -0.1) is 0 Å². The first-order chi connectivity index (χ1) is 13.1. The molecule has 0 saturated carbocycles. The van der Waals surface area contributed by atoms with Crippen molar-refractivity contribution < 1.29 is 14.3 Å². The molecule has 6 heteroatoms. The number of aromatic nitrogens is 2. The molecular weight excluding hydrogens is 342 g/mol. The maximum atomic E-state index is 12.5. The van der Waals surface area contributed by atoms with Gasteiger partial charge in [0.15, 0.2) is 0 Å². The van der Waals surface area contributed by atoms with E-state index < -0.39 is 0 Å². The van der Waals surface area contributed by atoms with Crippen molar-refractivity contribution in [2.75, 3.05) is 14.2 Å². The van der Waals surface area contributed by atoms with Crippen LogP contribution in [0.5, 0.6) is 11.5 Å². The summed E-state index contributed by atoms with van der Waals surface area (Å²) in [5.41, 5.74) is 2.88. The lowest BCUT2D eigenvalue weighted by Gasteiger charge is -2.16. The predicted octanol–water partition coefficient (Wildman–Crippen LogP) is 3.31. The van der Waals surface area contributed by atoms with E-state index in [4.69, 9.17) is 9.47 Å². The second-order valence-corrected chi connectivity index (χ2v) is 6.21. The van der Waals surface area contributed by atoms with Crippen molar-refractivity contribution in [2.24, 2.45) is 0 Å². The molecule has 0 radical (unpaired) electrons. The molecule has 1 N–H and O–H groups in total. The summed E-state index contributed by atoms with van der Waals surface area (Å²) in [6, 6.07) is 13.4. The molecule has 1 atom stereocenters. The van der Waals surface area contributed by atoms with E-state index in [2.05, 4.69) is 10.3 Å². The van der Waals surface area contributed by atoms with Crippen LogP contribution >= 0.6 is 0 Å². The van der Waals surface area contributed by atoms with Crippen LogP contribution in [0.15, 0.2) is 61.2 Å². The molecule has 3 rings (SSSR count). The van der Waals surface area contributed by atoms with Crippen LogP contribution in [0.2, 0.25) is 0 Å². The van der Waals surface area contributed by atoms with Crippen LogP contribution in [0, 0.1) is 0 Å². The monoisotopic (exact) mass is 365 g/mol. The summed E-state index contributed by atoms with van der Waals surface area (Å²) in [5.74, 6) is 1.27. The third-order valence-corrected chi connectivity index (χ3v) is 4.42. The highest BCUT2D eigenvalue weighted by molar-refractivity contribution is 5.79. The number of rotatable bonds is 7. The van der Waals surface area contributed by atoms with E-state index in [0.717, 1.165) is 16.8 Å². The Morgan fingerprint density at radius 2 is 1.93 bits per heavy atom. The van der Waals surface area contributed by atoms with Crippen LogP contribution in [0.4, 0.5) is 0 Å². The molecule has 1 amide bonds. The van der Waals surface area contributed by atoms with Gasteiger partial charge in [0.05, 0.1) is 33.0 Å². The molecule has 1 aromatic heterocycles. The van der Waals surface area contributed by atoms with Crippen LogP contribution in [0.25, 0.3) is 5.69 Å². The minimum absolute atomic E-state index is 0.0651. The van der Waals surface area contributed by atoms with Gasteiger partial charge in [-0.25, -0.2) is 4.98 Å². The second kappa shape index (κ2) is 8.40. The zero-order chi connectivity index (χ0) is 19.2. The number of nitrogens with zero attached hydrogens (tertiary/aromatic N) is 2. The fourth-order valence-electron chi connectivity index (χ4n) is 2.89. The van der Waals surface area contributed by atoms with Gasteiger partial charge in [-0.2, -0.15) is 0 Å². The number of carbonyl (C=O) groups is 1. The van der Waals surface area contributed by atoms with Gasteiger partial charge in [0.25, 0.3) is 0 Å². The number of benzene rings is 2. The average Bonchev–Trinajstić information content (AvgIpc) is 3.23. The first-order valence-corrected chi connectivity index (χ1v) is 8.69. The Morgan fingerprint density at radius 1 is 1.15 bits per heavy atom. The molecule has 0 bridgehead atoms. The first kappa shape index (κ1) is 18.5. The van der Waals surface area contributed by atoms with Gasteiger partial charge < -0.3 is 19.4 Å². The van der Waals surface area contributed by atoms with Crippen molar-refractivity contribution in [3.63, 3.8) is 0 Å². The predicted molar refractivity (Wildman–Crippen MR) is 103 cm³/mol. The highest BCUT2D eigenvalue weighted by Gasteiger charge is 2.13. The molecule has 0 aliphatic carbocycles. The Balaban J connectivity index is 1.64. The zero-order valence-corrected chi connectivity index (χ0v) is 15.7. The van der Waals surface area contributed by atoms with Crippen molar-refractivity contribution >= 4 is 5.91 Å². The summed E-state index contributed by atoms with van der Waals surface area (Å²) in [4.78, 5) is 16.5. The third kappa shape index (κ3) is 4.47. The Bertz CT molecular complexity index is 890. The van der Waals surface area contributed by atoms with E-state index in [0.29, 0.717) is 11.5 Å². The van der Waals surface area contributed by atoms with Gasteiger partial charge in [-0.05, 0) is 30.7 Å². The van der Waals surface area contributed by atoms with Gasteiger partial charge in [0.2, 0.25) is 5.91 Å². The number of hydrogen-bond acceptors (Lipinski definition) is 4. The summed E-state index contributed by atoms with van der Waals surface area (Å²) in [5, 5.41) is 3.03. The summed E-state index contributed by atoms with van der Waals surface area (Å²) in [6.07, 6.45) is 5.62. The molecule has 0 aliphatic heterocycles. The fourth-order valence-corrected chi connectivity index (χ4v) is 2.89. The molecule has 27 heavy (non-hydrogen) atoms. The Hall–Kier alpha value is -3.28. The molecule has 1 heterocycles. The fraction of sp³-hybridized carbons (Fsp3) is 0.238. The number of amides is 1. The van der Waals surface area contributed by atoms with E-state index in [1.54, 1.807) is 32.8 Å². The van der Waals surface area contributed by atoms with Crippen LogP contribution in [0.3, 0.4) is 0 Å². The lowest BCUT2D eigenvalue weighted by Crippen LogP contribution is -2.28. The molecule has 0 saturated heterocycles. The van der Waals surface area contributed by atoms with Crippen molar-refractivity contribution in [1.82, 2.24) is 14.9 Å². The number of ether oxygens (including phenoxy) is 2. The topological polar surface area (TPSA) is 65.4 Å². The van der Waals surface area contributed by atoms with Crippen LogP contribution in [-0.4, -0.2) is 29.7 Å². The van der Waals surface area contributed by atoms with E-state index >= 15 is 0 Å². The minimum atomic E-state index is -0.0985. The molecular formula is C21H23N3O3. The van der Waals surface area contributed by atoms with E-state index in [-0.39, 0.29) is 18.4 Å². The van der Waals surface area contributed by atoms with E-state index in [9.17, 15) is 4.79 Å². The summed E-state index contributed by atoms with van der Waals surface area (Å²) < 4.78 is 12.5. The standard InChI is InChI=1S/C21H23N3O3/c1-15(16-4-7-18(8-5-16)24-11-10-22-14-24)23-21(25)12-17-6-9-19(26-2)13-20(17)27-3/h4-11,13-15H,12H2,1-3H3,(H,23,25)/t15-/m0/s1. The summed E-state index contributed by atoms with van der Waals surface area (Å²) >= 11 is 0. The van der Waals surface area contributed by atoms with Crippen molar-refractivity contribution in [3.8, 4) is 17.2 Å². The minimum Gasteiger partial charge on any atom is -0.497 e. The van der Waals surface area contributed by atoms with Crippen molar-refractivity contribution in [1.29, 1.82) is 0 Å². The molecule has 6 nitrogen and oxygen atoms in total. The molecule has 0 spiro atoms. The van der Waals surface area contributed by atoms with Gasteiger partial charge in [-0.1, -0.05) is 18.2 Å². The van der Waals surface area contributed by atoms with Gasteiger partial charge in [0, 0.05) is 29.7 Å². The molecule has 0 fully saturated rings. The maximum Gasteiger partial charge on any atom is 0.225 e. The van der Waals surface area contributed by atoms with Crippen molar-refractivity contribution in [2.45, 2.75) is 19.4 Å². The highest BCUT2D eigenvalue weighted by atomic mass is 16.5. The molecule has 140 valence electrons. The molecule has 0 unspecified atom stereocenters. The van der Waals surface area contributed by atoms with Crippen LogP contribution in [0.1, 0.15) is 24.1 Å². The molecule has 2 aromatic carbocycles. The van der Waals surface area contributed by atoms with Gasteiger partial charge >= 0.3 is 0 Å². The third-order valence-electron chi connectivity index (χ3n) is 4.42. The van der Waals surface area contributed by atoms with Crippen LogP contribution < -0.4 is 14.8 Å². The number of methoxy groups -OCH3 is 2. The lowest BCUT2D eigenvalue weighted by molar-refractivity contribution is -0.121. The summed E-state index contributed by atoms with van der Waals surface area (Å²) in [7, 11) is 3.18. The van der Waals surface area contributed by atoms with Crippen molar-refractivity contribution in [3.05, 3.63) is 72.3 Å². The number of carbonyl (C=O) groups excluding carboxylic acids is 1. The maximum absolute atomic E-state index is 12.5. The average molecular weight is 365 g/mol. The molecule has 3 aromatic rings. The highest BCUT2D eigenvalue weighted by Crippen LogP contribution is 2.25. The summed E-state index contributed by atoms with van der Waals surface area (Å²) in [6.45, 7) is 1.97. The number of imidazole rings is 1. The number of hydrogen-bond donors (Lipinski definition) is 1. The van der Waals surface area contributed by atoms with E-state index in [1.807, 2.05) is 54.1 Å². The SMILES string of the molecule is COc1ccc(CC(=O)N[C@@H](C)c2ccc(-n3ccnc3)cc2)c(OC)c1. The first-order valence-electron chi connectivity index (χ1n) is 8.69. The van der Waals surface area contributed by atoms with Gasteiger partial charge in [-0.3, -0.25) is 4.79 Å². The molecule has 0 aliphatic rings. The Kier molecular flexibility index (Phi) is 5.76. The van der Waals surface area contributed by atoms with Gasteiger partial charge in [0.1, 0.15) is 11.5 Å². The normalized spacial score (nSPS) is 11.7. The number of nitrogens with one attached hydrogen (secondary N) is 1. The lowest BCUT2D eigenvalue weighted by atomic mass is 10.1. The second-order valence-electron chi connectivity index (χ2n) is 6.21. The smallest absolute Gasteiger partial charge is 0.225 e. The Labute approximate surface area is 158 Å². The Morgan fingerprint density at radius 3 is 2.56 bits per heavy atom. The largest absolute Gasteiger partial charge is 0.497 e. The van der Waals surface area contributed by atoms with E-state index in [1.165, 1.54) is 0 Å². The quantitative estimate of drug-likeness (QED) is 0.698. The van der Waals surface area contributed by atoms with Crippen LogP contribution in [-0.2, 0) is 11.2 Å².